The number of carbonyl (C=O) groups excluding carboxylic acids is 1. The molecule has 1 rings (SSSR count). The quantitative estimate of drug-likeness (QED) is 0.727. The number of hydrogen-bond donors (Lipinski definition) is 2. The third-order valence-corrected chi connectivity index (χ3v) is 3.98. The molecule has 0 aliphatic heterocycles. The van der Waals surface area contributed by atoms with Gasteiger partial charge in [0.05, 0.1) is 4.90 Å². The molecule has 0 aliphatic carbocycles. The smallest absolute Gasteiger partial charge is 0.262 e. The van der Waals surface area contributed by atoms with E-state index in [0.29, 0.717) is 5.92 Å². The summed E-state index contributed by atoms with van der Waals surface area (Å²) in [6.07, 6.45) is 0.978. The highest BCUT2D eigenvalue weighted by Gasteiger charge is 2.15. The van der Waals surface area contributed by atoms with Crippen molar-refractivity contribution in [3.63, 3.8) is 0 Å². The second-order valence-electron chi connectivity index (χ2n) is 4.22. The van der Waals surface area contributed by atoms with Crippen LogP contribution in [0.25, 0.3) is 0 Å². The highest BCUT2D eigenvalue weighted by Crippen LogP contribution is 2.20. The first-order chi connectivity index (χ1) is 8.86. The second-order valence-corrected chi connectivity index (χ2v) is 5.87. The summed E-state index contributed by atoms with van der Waals surface area (Å²) in [5.74, 6) is -0.384. The average Bonchev–Trinajstić information content (AvgIpc) is 2.37. The first-order valence-corrected chi connectivity index (χ1v) is 7.37. The Bertz CT molecular complexity index is 525. The van der Waals surface area contributed by atoms with Crippen molar-refractivity contribution < 1.29 is 18.0 Å². The van der Waals surface area contributed by atoms with Gasteiger partial charge in [0, 0.05) is 0 Å². The van der Waals surface area contributed by atoms with Crippen LogP contribution in [-0.4, -0.2) is 20.9 Å². The van der Waals surface area contributed by atoms with Gasteiger partial charge in [0.25, 0.3) is 10.0 Å². The fraction of sp³-hybridized carbons (Fsp3) is 0.417. The van der Waals surface area contributed by atoms with E-state index < -0.39 is 22.5 Å². The van der Waals surface area contributed by atoms with Crippen molar-refractivity contribution in [1.82, 2.24) is 4.89 Å². The summed E-state index contributed by atoms with van der Waals surface area (Å²) in [4.78, 5) is 16.9. The van der Waals surface area contributed by atoms with Crippen molar-refractivity contribution in [2.75, 3.05) is 6.61 Å². The molecule has 1 amide bonds. The molecule has 3 N–H and O–H groups in total. The van der Waals surface area contributed by atoms with Crippen molar-refractivity contribution in [3.05, 3.63) is 29.8 Å². The molecule has 0 saturated heterocycles. The fourth-order valence-corrected chi connectivity index (χ4v) is 2.24. The average molecular weight is 286 g/mol. The first kappa shape index (κ1) is 15.6. The molecule has 0 saturated carbocycles. The van der Waals surface area contributed by atoms with Crippen molar-refractivity contribution in [1.29, 1.82) is 0 Å². The number of hydrogen-bond acceptors (Lipinski definition) is 4. The summed E-state index contributed by atoms with van der Waals surface area (Å²) < 4.78 is 23.6. The van der Waals surface area contributed by atoms with Crippen LogP contribution in [0.4, 0.5) is 0 Å². The molecule has 1 atom stereocenters. The number of sulfonamides is 1. The third kappa shape index (κ3) is 4.62. The standard InChI is InChI=1S/C12H18N2O4S/c1-3-9(2)10-4-6-11(7-5-10)19(16,17)14-18-8-12(13)15/h4-7,9,14H,3,8H2,1-2H3,(H2,13,15). The van der Waals surface area contributed by atoms with Crippen molar-refractivity contribution in [2.24, 2.45) is 5.73 Å². The topological polar surface area (TPSA) is 98.5 Å². The zero-order valence-electron chi connectivity index (χ0n) is 10.9. The van der Waals surface area contributed by atoms with Crippen LogP contribution in [0.5, 0.6) is 0 Å². The van der Waals surface area contributed by atoms with E-state index in [4.69, 9.17) is 5.73 Å². The molecule has 0 spiro atoms. The summed E-state index contributed by atoms with van der Waals surface area (Å²) in [6, 6.07) is 6.52. The Morgan fingerprint density at radius 2 is 1.95 bits per heavy atom. The van der Waals surface area contributed by atoms with E-state index in [-0.39, 0.29) is 4.90 Å². The Labute approximate surface area is 113 Å². The van der Waals surface area contributed by atoms with Crippen LogP contribution in [0.15, 0.2) is 29.2 Å². The van der Waals surface area contributed by atoms with Crippen molar-refractivity contribution in [2.45, 2.75) is 31.1 Å². The molecule has 106 valence electrons. The van der Waals surface area contributed by atoms with Gasteiger partial charge in [-0.15, -0.1) is 0 Å². The molecule has 0 heterocycles. The summed E-state index contributed by atoms with van der Waals surface area (Å²) in [7, 11) is -3.79. The molecular weight excluding hydrogens is 268 g/mol. The molecule has 0 fully saturated rings. The van der Waals surface area contributed by atoms with Gasteiger partial charge in [0.1, 0.15) is 6.61 Å². The monoisotopic (exact) mass is 286 g/mol. The number of benzene rings is 1. The number of amides is 1. The zero-order chi connectivity index (χ0) is 14.5. The molecule has 1 unspecified atom stereocenters. The minimum absolute atomic E-state index is 0.0732. The molecule has 1 aromatic carbocycles. The Hall–Kier alpha value is -1.44. The normalized spacial score (nSPS) is 13.2. The van der Waals surface area contributed by atoms with Crippen LogP contribution < -0.4 is 10.6 Å². The van der Waals surface area contributed by atoms with E-state index in [1.54, 1.807) is 12.1 Å². The highest BCUT2D eigenvalue weighted by molar-refractivity contribution is 7.89. The molecule has 0 aromatic heterocycles. The molecular formula is C12H18N2O4S. The summed E-state index contributed by atoms with van der Waals surface area (Å²) in [6.45, 7) is 3.62. The van der Waals surface area contributed by atoms with E-state index in [0.717, 1.165) is 12.0 Å². The zero-order valence-corrected chi connectivity index (χ0v) is 11.7. The lowest BCUT2D eigenvalue weighted by molar-refractivity contribution is -0.123. The molecule has 0 bridgehead atoms. The third-order valence-electron chi connectivity index (χ3n) is 2.75. The molecule has 6 nitrogen and oxygen atoms in total. The highest BCUT2D eigenvalue weighted by atomic mass is 32.2. The Balaban J connectivity index is 2.76. The molecule has 19 heavy (non-hydrogen) atoms. The van der Waals surface area contributed by atoms with Gasteiger partial charge in [-0.05, 0) is 30.0 Å². The predicted octanol–water partition coefficient (Wildman–Crippen LogP) is 0.895. The minimum Gasteiger partial charge on any atom is -0.368 e. The van der Waals surface area contributed by atoms with Gasteiger partial charge in [-0.25, -0.2) is 8.42 Å². The van der Waals surface area contributed by atoms with E-state index in [2.05, 4.69) is 18.7 Å². The maximum atomic E-state index is 11.8. The summed E-state index contributed by atoms with van der Waals surface area (Å²) >= 11 is 0. The lowest BCUT2D eigenvalue weighted by Crippen LogP contribution is -2.29. The van der Waals surface area contributed by atoms with Gasteiger partial charge >= 0.3 is 0 Å². The van der Waals surface area contributed by atoms with Gasteiger partial charge in [-0.2, -0.15) is 0 Å². The maximum absolute atomic E-state index is 11.8. The van der Waals surface area contributed by atoms with Crippen LogP contribution in [0.2, 0.25) is 0 Å². The van der Waals surface area contributed by atoms with Gasteiger partial charge in [-0.3, -0.25) is 9.63 Å². The van der Waals surface area contributed by atoms with E-state index in [1.807, 2.05) is 4.89 Å². The minimum atomic E-state index is -3.79. The van der Waals surface area contributed by atoms with Gasteiger partial charge in [0.2, 0.25) is 5.91 Å². The largest absolute Gasteiger partial charge is 0.368 e. The Morgan fingerprint density at radius 1 is 1.37 bits per heavy atom. The molecule has 1 aromatic rings. The van der Waals surface area contributed by atoms with Gasteiger partial charge in [-0.1, -0.05) is 30.9 Å². The van der Waals surface area contributed by atoms with Crippen LogP contribution in [0.3, 0.4) is 0 Å². The van der Waals surface area contributed by atoms with Crippen LogP contribution in [0, 0.1) is 0 Å². The maximum Gasteiger partial charge on any atom is 0.262 e. The predicted molar refractivity (Wildman–Crippen MR) is 70.6 cm³/mol. The summed E-state index contributed by atoms with van der Waals surface area (Å²) in [5, 5.41) is 0. The summed E-state index contributed by atoms with van der Waals surface area (Å²) in [5.41, 5.74) is 5.90. The van der Waals surface area contributed by atoms with Crippen LogP contribution in [0.1, 0.15) is 31.7 Å². The van der Waals surface area contributed by atoms with Crippen molar-refractivity contribution in [3.8, 4) is 0 Å². The Kier molecular flexibility index (Phi) is 5.46. The van der Waals surface area contributed by atoms with Crippen LogP contribution >= 0.6 is 0 Å². The fourth-order valence-electron chi connectivity index (χ4n) is 1.44. The number of nitrogens with one attached hydrogen (secondary N) is 1. The molecule has 0 aliphatic rings. The molecule has 7 heteroatoms. The van der Waals surface area contributed by atoms with E-state index >= 15 is 0 Å². The van der Waals surface area contributed by atoms with Crippen molar-refractivity contribution >= 4 is 15.9 Å². The molecule has 0 radical (unpaired) electrons. The van der Waals surface area contributed by atoms with Gasteiger partial charge < -0.3 is 5.73 Å². The number of nitrogens with two attached hydrogens (primary N) is 1. The number of carbonyl (C=O) groups is 1. The SMILES string of the molecule is CCC(C)c1ccc(S(=O)(=O)NOCC(N)=O)cc1. The number of primary amides is 1. The van der Waals surface area contributed by atoms with E-state index in [1.165, 1.54) is 12.1 Å². The van der Waals surface area contributed by atoms with Gasteiger partial charge in [0.15, 0.2) is 0 Å². The second kappa shape index (κ2) is 6.65. The lowest BCUT2D eigenvalue weighted by atomic mass is 9.99. The van der Waals surface area contributed by atoms with Crippen LogP contribution in [-0.2, 0) is 19.7 Å². The Morgan fingerprint density at radius 3 is 2.42 bits per heavy atom. The first-order valence-electron chi connectivity index (χ1n) is 5.88. The van der Waals surface area contributed by atoms with E-state index in [9.17, 15) is 13.2 Å². The number of rotatable bonds is 7. The lowest BCUT2D eigenvalue weighted by Gasteiger charge is -2.10.